The summed E-state index contributed by atoms with van der Waals surface area (Å²) in [6, 6.07) is 0. The fraction of sp³-hybridized carbons (Fsp3) is 0.846. The number of rotatable bonds is 1. The summed E-state index contributed by atoms with van der Waals surface area (Å²) in [6.45, 7) is 2.33. The van der Waals surface area contributed by atoms with Gasteiger partial charge in [0.15, 0.2) is 0 Å². The summed E-state index contributed by atoms with van der Waals surface area (Å²) in [6.07, 6.45) is 12.6. The second-order valence-electron chi connectivity index (χ2n) is 5.24. The van der Waals surface area contributed by atoms with Crippen LogP contribution in [0, 0.1) is 11.8 Å². The molecule has 1 atom stereocenters. The lowest BCUT2D eigenvalue weighted by molar-refractivity contribution is -0.00685. The van der Waals surface area contributed by atoms with E-state index in [4.69, 9.17) is 0 Å². The molecule has 1 nitrogen and oxygen atoms in total. The van der Waals surface area contributed by atoms with Gasteiger partial charge in [0.25, 0.3) is 0 Å². The first-order valence-electron chi connectivity index (χ1n) is 6.11. The fourth-order valence-corrected chi connectivity index (χ4v) is 2.97. The van der Waals surface area contributed by atoms with E-state index in [0.717, 1.165) is 18.8 Å². The molecule has 0 aromatic rings. The third-order valence-corrected chi connectivity index (χ3v) is 4.08. The lowest BCUT2D eigenvalue weighted by Crippen LogP contribution is -2.39. The molecular formula is C13H22O. The zero-order valence-corrected chi connectivity index (χ0v) is 9.21. The van der Waals surface area contributed by atoms with Crippen molar-refractivity contribution in [1.29, 1.82) is 0 Å². The van der Waals surface area contributed by atoms with Gasteiger partial charge in [-0.05, 0) is 43.9 Å². The van der Waals surface area contributed by atoms with Gasteiger partial charge in [-0.3, -0.25) is 0 Å². The van der Waals surface area contributed by atoms with Crippen LogP contribution in [0.5, 0.6) is 0 Å². The molecule has 2 aliphatic rings. The smallest absolute Gasteiger partial charge is 0.0855 e. The molecule has 1 saturated carbocycles. The molecule has 80 valence electrons. The Hall–Kier alpha value is -0.300. The predicted molar refractivity (Wildman–Crippen MR) is 59.1 cm³/mol. The second kappa shape index (κ2) is 4.06. The molecule has 1 fully saturated rings. The summed E-state index contributed by atoms with van der Waals surface area (Å²) in [7, 11) is 0. The van der Waals surface area contributed by atoms with Crippen molar-refractivity contribution in [3.63, 3.8) is 0 Å². The maximum absolute atomic E-state index is 10.5. The second-order valence-corrected chi connectivity index (χ2v) is 5.24. The van der Waals surface area contributed by atoms with E-state index in [0.29, 0.717) is 5.92 Å². The molecule has 0 saturated heterocycles. The minimum atomic E-state index is -0.446. The molecule has 0 aliphatic heterocycles. The molecule has 0 spiro atoms. The monoisotopic (exact) mass is 194 g/mol. The Kier molecular flexibility index (Phi) is 2.96. The van der Waals surface area contributed by atoms with Gasteiger partial charge >= 0.3 is 0 Å². The molecule has 1 heteroatoms. The quantitative estimate of drug-likeness (QED) is 0.635. The van der Waals surface area contributed by atoms with E-state index in [2.05, 4.69) is 19.1 Å². The van der Waals surface area contributed by atoms with Gasteiger partial charge in [0.05, 0.1) is 5.60 Å². The third-order valence-electron chi connectivity index (χ3n) is 4.08. The highest BCUT2D eigenvalue weighted by atomic mass is 16.3. The van der Waals surface area contributed by atoms with Gasteiger partial charge in [0.2, 0.25) is 0 Å². The van der Waals surface area contributed by atoms with Crippen molar-refractivity contribution in [2.45, 2.75) is 57.5 Å². The van der Waals surface area contributed by atoms with Crippen LogP contribution in [-0.4, -0.2) is 10.7 Å². The molecule has 0 radical (unpaired) electrons. The Bertz CT molecular complexity index is 213. The van der Waals surface area contributed by atoms with E-state index in [-0.39, 0.29) is 0 Å². The van der Waals surface area contributed by atoms with E-state index in [9.17, 15) is 5.11 Å². The Morgan fingerprint density at radius 3 is 2.50 bits per heavy atom. The Balaban J connectivity index is 1.99. The third kappa shape index (κ3) is 2.03. The van der Waals surface area contributed by atoms with Gasteiger partial charge in [0, 0.05) is 0 Å². The van der Waals surface area contributed by atoms with Crippen molar-refractivity contribution in [2.24, 2.45) is 11.8 Å². The normalized spacial score (nSPS) is 43.9. The summed E-state index contributed by atoms with van der Waals surface area (Å²) >= 11 is 0. The molecule has 0 bridgehead atoms. The van der Waals surface area contributed by atoms with Crippen molar-refractivity contribution >= 4 is 0 Å². The summed E-state index contributed by atoms with van der Waals surface area (Å²) in [5.41, 5.74) is -0.446. The molecule has 0 amide bonds. The van der Waals surface area contributed by atoms with Gasteiger partial charge in [-0.15, -0.1) is 0 Å². The SMILES string of the molecule is CC1CCC(C2(O)C=CCCC2)CC1. The summed E-state index contributed by atoms with van der Waals surface area (Å²) in [5.74, 6) is 1.41. The molecule has 1 unspecified atom stereocenters. The maximum atomic E-state index is 10.5. The highest BCUT2D eigenvalue weighted by Crippen LogP contribution is 2.40. The Morgan fingerprint density at radius 2 is 1.93 bits per heavy atom. The van der Waals surface area contributed by atoms with Crippen LogP contribution in [0.2, 0.25) is 0 Å². The van der Waals surface area contributed by atoms with Crippen LogP contribution in [0.4, 0.5) is 0 Å². The predicted octanol–water partition coefficient (Wildman–Crippen LogP) is 3.28. The van der Waals surface area contributed by atoms with Crippen molar-refractivity contribution in [3.05, 3.63) is 12.2 Å². The van der Waals surface area contributed by atoms with Gasteiger partial charge < -0.3 is 5.11 Å². The Morgan fingerprint density at radius 1 is 1.21 bits per heavy atom. The first kappa shape index (κ1) is 10.2. The summed E-state index contributed by atoms with van der Waals surface area (Å²) in [5, 5.41) is 10.5. The van der Waals surface area contributed by atoms with Gasteiger partial charge in [-0.1, -0.05) is 31.9 Å². The van der Waals surface area contributed by atoms with E-state index in [1.54, 1.807) is 0 Å². The minimum Gasteiger partial charge on any atom is -0.386 e. The average Bonchev–Trinajstić information content (AvgIpc) is 2.19. The number of hydrogen-bond donors (Lipinski definition) is 1. The largest absolute Gasteiger partial charge is 0.386 e. The van der Waals surface area contributed by atoms with Gasteiger partial charge in [-0.2, -0.15) is 0 Å². The number of allylic oxidation sites excluding steroid dienone is 1. The summed E-state index contributed by atoms with van der Waals surface area (Å²) in [4.78, 5) is 0. The van der Waals surface area contributed by atoms with E-state index in [1.807, 2.05) is 0 Å². The van der Waals surface area contributed by atoms with Crippen LogP contribution in [0.25, 0.3) is 0 Å². The van der Waals surface area contributed by atoms with Crippen LogP contribution in [0.3, 0.4) is 0 Å². The molecule has 1 N–H and O–H groups in total. The highest BCUT2D eigenvalue weighted by molar-refractivity contribution is 5.08. The molecule has 0 aromatic heterocycles. The van der Waals surface area contributed by atoms with Crippen LogP contribution in [0.1, 0.15) is 51.9 Å². The lowest BCUT2D eigenvalue weighted by atomic mass is 9.71. The topological polar surface area (TPSA) is 20.2 Å². The molecule has 2 aliphatic carbocycles. The number of aliphatic hydroxyl groups is 1. The van der Waals surface area contributed by atoms with E-state index in [1.165, 1.54) is 32.1 Å². The van der Waals surface area contributed by atoms with Crippen LogP contribution in [0.15, 0.2) is 12.2 Å². The lowest BCUT2D eigenvalue weighted by Gasteiger charge is -2.39. The first-order valence-corrected chi connectivity index (χ1v) is 6.11. The summed E-state index contributed by atoms with van der Waals surface area (Å²) < 4.78 is 0. The average molecular weight is 194 g/mol. The zero-order valence-electron chi connectivity index (χ0n) is 9.21. The fourth-order valence-electron chi connectivity index (χ4n) is 2.97. The van der Waals surface area contributed by atoms with Crippen molar-refractivity contribution in [1.82, 2.24) is 0 Å². The van der Waals surface area contributed by atoms with Crippen LogP contribution in [-0.2, 0) is 0 Å². The molecule has 0 aromatic carbocycles. The highest BCUT2D eigenvalue weighted by Gasteiger charge is 2.36. The van der Waals surface area contributed by atoms with Gasteiger partial charge in [-0.25, -0.2) is 0 Å². The Labute approximate surface area is 87.2 Å². The number of hydrogen-bond acceptors (Lipinski definition) is 1. The molecule has 2 rings (SSSR count). The van der Waals surface area contributed by atoms with Crippen molar-refractivity contribution in [3.8, 4) is 0 Å². The van der Waals surface area contributed by atoms with Crippen molar-refractivity contribution in [2.75, 3.05) is 0 Å². The molecule has 0 heterocycles. The van der Waals surface area contributed by atoms with Gasteiger partial charge in [0.1, 0.15) is 0 Å². The molecular weight excluding hydrogens is 172 g/mol. The van der Waals surface area contributed by atoms with Crippen molar-refractivity contribution < 1.29 is 5.11 Å². The van der Waals surface area contributed by atoms with E-state index >= 15 is 0 Å². The van der Waals surface area contributed by atoms with E-state index < -0.39 is 5.60 Å². The van der Waals surface area contributed by atoms with Crippen LogP contribution < -0.4 is 0 Å². The maximum Gasteiger partial charge on any atom is 0.0855 e. The zero-order chi connectivity index (χ0) is 10.0. The molecule has 14 heavy (non-hydrogen) atoms. The first-order chi connectivity index (χ1) is 6.71. The standard InChI is InChI=1S/C13H22O/c1-11-5-7-12(8-6-11)13(14)9-3-2-4-10-13/h3,9,11-12,14H,2,4-8,10H2,1H3. The van der Waals surface area contributed by atoms with Crippen LogP contribution >= 0.6 is 0 Å². The minimum absolute atomic E-state index is 0.446.